The van der Waals surface area contributed by atoms with Gasteiger partial charge >= 0.3 is 0 Å². The lowest BCUT2D eigenvalue weighted by molar-refractivity contribution is 0.780. The Bertz CT molecular complexity index is 583. The Hall–Kier alpha value is -1.14. The van der Waals surface area contributed by atoms with Crippen LogP contribution in [0.25, 0.3) is 0 Å². The third kappa shape index (κ3) is 3.74. The van der Waals surface area contributed by atoms with Crippen LogP contribution in [0.1, 0.15) is 31.1 Å². The Morgan fingerprint density at radius 2 is 2.33 bits per heavy atom. The van der Waals surface area contributed by atoms with Gasteiger partial charge in [-0.15, -0.1) is 11.3 Å². The second kappa shape index (κ2) is 6.75. The summed E-state index contributed by atoms with van der Waals surface area (Å²) in [6, 6.07) is 4.90. The zero-order chi connectivity index (χ0) is 14.7. The van der Waals surface area contributed by atoms with Crippen molar-refractivity contribution in [1.82, 2.24) is 9.97 Å². The van der Waals surface area contributed by atoms with Crippen molar-refractivity contribution < 1.29 is 0 Å². The van der Waals surface area contributed by atoms with Crippen molar-refractivity contribution in [2.24, 2.45) is 0 Å². The number of aromatic nitrogens is 2. The van der Waals surface area contributed by atoms with Gasteiger partial charge in [-0.05, 0) is 46.6 Å². The molecule has 3 rings (SSSR count). The van der Waals surface area contributed by atoms with Crippen LogP contribution >= 0.6 is 27.3 Å². The first-order valence-electron chi connectivity index (χ1n) is 7.33. The number of anilines is 2. The van der Waals surface area contributed by atoms with Crippen molar-refractivity contribution in [1.29, 1.82) is 0 Å². The highest BCUT2D eigenvalue weighted by atomic mass is 79.9. The third-order valence-electron chi connectivity index (χ3n) is 3.42. The van der Waals surface area contributed by atoms with Gasteiger partial charge in [0.25, 0.3) is 0 Å². The number of hydrogen-bond acceptors (Lipinski definition) is 5. The fourth-order valence-corrected chi connectivity index (χ4v) is 3.34. The molecule has 6 heteroatoms. The summed E-state index contributed by atoms with van der Waals surface area (Å²) in [7, 11) is 0. The molecule has 1 aliphatic carbocycles. The molecule has 0 saturated heterocycles. The summed E-state index contributed by atoms with van der Waals surface area (Å²) >= 11 is 5.41. The van der Waals surface area contributed by atoms with E-state index in [1.165, 1.54) is 17.7 Å². The van der Waals surface area contributed by atoms with Gasteiger partial charge in [0.05, 0.1) is 11.0 Å². The zero-order valence-corrected chi connectivity index (χ0v) is 14.5. The molecule has 0 bridgehead atoms. The van der Waals surface area contributed by atoms with Crippen LogP contribution in [-0.2, 0) is 6.54 Å². The van der Waals surface area contributed by atoms with Crippen LogP contribution in [0.3, 0.4) is 0 Å². The molecule has 0 aromatic carbocycles. The second-order valence-corrected chi connectivity index (χ2v) is 7.12. The standard InChI is InChI=1S/C15H19BrN4S/c1-2-7-17-15-18-9-13(16)14(19-15)20(11-5-6-11)10-12-4-3-8-21-12/h3-4,8-9,11H,2,5-7,10H2,1H3,(H,17,18,19). The molecular weight excluding hydrogens is 348 g/mol. The highest BCUT2D eigenvalue weighted by Crippen LogP contribution is 2.36. The van der Waals surface area contributed by atoms with Gasteiger partial charge in [0.15, 0.2) is 0 Å². The molecule has 1 N–H and O–H groups in total. The predicted molar refractivity (Wildman–Crippen MR) is 92.0 cm³/mol. The van der Waals surface area contributed by atoms with Gasteiger partial charge in [0.1, 0.15) is 5.82 Å². The first-order valence-corrected chi connectivity index (χ1v) is 9.00. The quantitative estimate of drug-likeness (QED) is 0.793. The van der Waals surface area contributed by atoms with E-state index in [9.17, 15) is 0 Å². The number of hydrogen-bond donors (Lipinski definition) is 1. The minimum absolute atomic E-state index is 0.609. The Kier molecular flexibility index (Phi) is 4.75. The SMILES string of the molecule is CCCNc1ncc(Br)c(N(Cc2cccs2)C2CC2)n1. The van der Waals surface area contributed by atoms with Gasteiger partial charge in [-0.2, -0.15) is 4.98 Å². The van der Waals surface area contributed by atoms with E-state index in [4.69, 9.17) is 4.98 Å². The van der Waals surface area contributed by atoms with Crippen LogP contribution in [-0.4, -0.2) is 22.6 Å². The van der Waals surface area contributed by atoms with Crippen molar-refractivity contribution in [3.05, 3.63) is 33.1 Å². The molecule has 1 fully saturated rings. The van der Waals surface area contributed by atoms with Crippen molar-refractivity contribution >= 4 is 39.0 Å². The third-order valence-corrected chi connectivity index (χ3v) is 4.85. The Balaban J connectivity index is 1.84. The first-order chi connectivity index (χ1) is 10.3. The predicted octanol–water partition coefficient (Wildman–Crippen LogP) is 4.29. The smallest absolute Gasteiger partial charge is 0.224 e. The molecule has 0 unspecified atom stereocenters. The Morgan fingerprint density at radius 3 is 3.00 bits per heavy atom. The number of thiophene rings is 1. The normalized spacial score (nSPS) is 14.2. The molecule has 0 radical (unpaired) electrons. The maximum absolute atomic E-state index is 4.71. The number of halogens is 1. The number of nitrogens with zero attached hydrogens (tertiary/aromatic N) is 3. The van der Waals surface area contributed by atoms with Gasteiger partial charge in [0, 0.05) is 23.7 Å². The Morgan fingerprint density at radius 1 is 1.48 bits per heavy atom. The van der Waals surface area contributed by atoms with Gasteiger partial charge < -0.3 is 10.2 Å². The van der Waals surface area contributed by atoms with Crippen LogP contribution in [0.5, 0.6) is 0 Å². The minimum atomic E-state index is 0.609. The molecule has 2 aromatic heterocycles. The fraction of sp³-hybridized carbons (Fsp3) is 0.467. The van der Waals surface area contributed by atoms with Crippen molar-refractivity contribution in [2.75, 3.05) is 16.8 Å². The lowest BCUT2D eigenvalue weighted by Crippen LogP contribution is -2.26. The van der Waals surface area contributed by atoms with Crippen LogP contribution in [0, 0.1) is 0 Å². The molecular formula is C15H19BrN4S. The molecule has 2 aromatic rings. The maximum Gasteiger partial charge on any atom is 0.224 e. The van der Waals surface area contributed by atoms with Crippen LogP contribution in [0.2, 0.25) is 0 Å². The second-order valence-electron chi connectivity index (χ2n) is 5.23. The van der Waals surface area contributed by atoms with Crippen LogP contribution in [0.4, 0.5) is 11.8 Å². The minimum Gasteiger partial charge on any atom is -0.354 e. The van der Waals surface area contributed by atoms with E-state index in [1.807, 2.05) is 6.20 Å². The molecule has 1 aliphatic rings. The molecule has 2 heterocycles. The molecule has 1 saturated carbocycles. The average Bonchev–Trinajstić information content (AvgIpc) is 3.21. The highest BCUT2D eigenvalue weighted by molar-refractivity contribution is 9.10. The highest BCUT2D eigenvalue weighted by Gasteiger charge is 2.31. The van der Waals surface area contributed by atoms with E-state index < -0.39 is 0 Å². The van der Waals surface area contributed by atoms with Crippen LogP contribution in [0.15, 0.2) is 28.2 Å². The van der Waals surface area contributed by atoms with Gasteiger partial charge in [-0.25, -0.2) is 4.98 Å². The van der Waals surface area contributed by atoms with Crippen LogP contribution < -0.4 is 10.2 Å². The summed E-state index contributed by atoms with van der Waals surface area (Å²) in [5.74, 6) is 1.71. The number of nitrogens with one attached hydrogen (secondary N) is 1. The molecule has 0 spiro atoms. The summed E-state index contributed by atoms with van der Waals surface area (Å²) in [6.07, 6.45) is 5.42. The lowest BCUT2D eigenvalue weighted by atomic mass is 10.3. The first kappa shape index (κ1) is 14.8. The zero-order valence-electron chi connectivity index (χ0n) is 12.1. The molecule has 0 atom stereocenters. The van der Waals surface area contributed by atoms with E-state index in [0.717, 1.165) is 29.8 Å². The Labute approximate surface area is 137 Å². The molecule has 0 amide bonds. The summed E-state index contributed by atoms with van der Waals surface area (Å²) in [5.41, 5.74) is 0. The summed E-state index contributed by atoms with van der Waals surface area (Å²) in [5, 5.41) is 5.40. The maximum atomic E-state index is 4.71. The molecule has 112 valence electrons. The van der Waals surface area contributed by atoms with Gasteiger partial charge in [0.2, 0.25) is 5.95 Å². The molecule has 0 aliphatic heterocycles. The summed E-state index contributed by atoms with van der Waals surface area (Å²) in [4.78, 5) is 12.8. The summed E-state index contributed by atoms with van der Waals surface area (Å²) < 4.78 is 0.966. The monoisotopic (exact) mass is 366 g/mol. The average molecular weight is 367 g/mol. The van der Waals surface area contributed by atoms with Gasteiger partial charge in [-0.1, -0.05) is 13.0 Å². The van der Waals surface area contributed by atoms with Crippen molar-refractivity contribution in [3.63, 3.8) is 0 Å². The number of rotatable bonds is 7. The lowest BCUT2D eigenvalue weighted by Gasteiger charge is -2.24. The van der Waals surface area contributed by atoms with Gasteiger partial charge in [-0.3, -0.25) is 0 Å². The van der Waals surface area contributed by atoms with Crippen molar-refractivity contribution in [3.8, 4) is 0 Å². The van der Waals surface area contributed by atoms with E-state index >= 15 is 0 Å². The van der Waals surface area contributed by atoms with E-state index in [-0.39, 0.29) is 0 Å². The fourth-order valence-electron chi connectivity index (χ4n) is 2.22. The largest absolute Gasteiger partial charge is 0.354 e. The summed E-state index contributed by atoms with van der Waals surface area (Å²) in [6.45, 7) is 3.96. The van der Waals surface area contributed by atoms with E-state index in [1.54, 1.807) is 11.3 Å². The van der Waals surface area contributed by atoms with E-state index in [0.29, 0.717) is 12.0 Å². The molecule has 4 nitrogen and oxygen atoms in total. The van der Waals surface area contributed by atoms with E-state index in [2.05, 4.69) is 55.6 Å². The molecule has 21 heavy (non-hydrogen) atoms. The van der Waals surface area contributed by atoms with Crippen molar-refractivity contribution in [2.45, 2.75) is 38.8 Å². The topological polar surface area (TPSA) is 41.1 Å².